The SMILES string of the molecule is COc1ccc(-c2csc(Nc3ccc(F)cc3)n2)cc1Br. The average Bonchev–Trinajstić information content (AvgIpc) is 2.98. The third-order valence-corrected chi connectivity index (χ3v) is 4.42. The van der Waals surface area contributed by atoms with E-state index in [-0.39, 0.29) is 5.82 Å². The van der Waals surface area contributed by atoms with Gasteiger partial charge in [-0.3, -0.25) is 0 Å². The van der Waals surface area contributed by atoms with E-state index in [0.29, 0.717) is 0 Å². The molecule has 22 heavy (non-hydrogen) atoms. The van der Waals surface area contributed by atoms with Gasteiger partial charge in [-0.2, -0.15) is 0 Å². The average molecular weight is 379 g/mol. The Morgan fingerprint density at radius 3 is 2.64 bits per heavy atom. The van der Waals surface area contributed by atoms with Gasteiger partial charge < -0.3 is 10.1 Å². The summed E-state index contributed by atoms with van der Waals surface area (Å²) in [5.74, 6) is 0.525. The van der Waals surface area contributed by atoms with Gasteiger partial charge in [0.2, 0.25) is 0 Å². The second-order valence-corrected chi connectivity index (χ2v) is 6.23. The molecule has 0 radical (unpaired) electrons. The first-order valence-corrected chi connectivity index (χ1v) is 8.15. The number of hydrogen-bond acceptors (Lipinski definition) is 4. The Kier molecular flexibility index (Phi) is 4.40. The fourth-order valence-corrected chi connectivity index (χ4v) is 3.23. The number of rotatable bonds is 4. The van der Waals surface area contributed by atoms with E-state index in [0.717, 1.165) is 32.3 Å². The minimum absolute atomic E-state index is 0.256. The number of nitrogens with zero attached hydrogens (tertiary/aromatic N) is 1. The molecule has 2 aromatic carbocycles. The van der Waals surface area contributed by atoms with Crippen LogP contribution in [0.5, 0.6) is 5.75 Å². The maximum absolute atomic E-state index is 12.9. The minimum atomic E-state index is -0.256. The van der Waals surface area contributed by atoms with Crippen molar-refractivity contribution in [1.29, 1.82) is 0 Å². The molecular weight excluding hydrogens is 367 g/mol. The molecule has 0 saturated carbocycles. The predicted octanol–water partition coefficient (Wildman–Crippen LogP) is 5.46. The number of ether oxygens (including phenoxy) is 1. The van der Waals surface area contributed by atoms with E-state index >= 15 is 0 Å². The highest BCUT2D eigenvalue weighted by molar-refractivity contribution is 9.10. The Labute approximate surface area is 139 Å². The molecule has 3 nitrogen and oxygen atoms in total. The van der Waals surface area contributed by atoms with Crippen LogP contribution in [0.3, 0.4) is 0 Å². The van der Waals surface area contributed by atoms with Gasteiger partial charge in [-0.25, -0.2) is 9.37 Å². The number of benzene rings is 2. The monoisotopic (exact) mass is 378 g/mol. The molecule has 0 spiro atoms. The lowest BCUT2D eigenvalue weighted by Gasteiger charge is -2.04. The van der Waals surface area contributed by atoms with Crippen LogP contribution in [0.1, 0.15) is 0 Å². The van der Waals surface area contributed by atoms with Gasteiger partial charge in [0.25, 0.3) is 0 Å². The Morgan fingerprint density at radius 1 is 1.18 bits per heavy atom. The van der Waals surface area contributed by atoms with E-state index in [1.807, 2.05) is 23.6 Å². The van der Waals surface area contributed by atoms with Crippen LogP contribution in [0.15, 0.2) is 52.3 Å². The van der Waals surface area contributed by atoms with Gasteiger partial charge in [-0.1, -0.05) is 0 Å². The summed E-state index contributed by atoms with van der Waals surface area (Å²) in [7, 11) is 1.63. The summed E-state index contributed by atoms with van der Waals surface area (Å²) in [5.41, 5.74) is 2.67. The highest BCUT2D eigenvalue weighted by Gasteiger charge is 2.08. The molecular formula is C16H12BrFN2OS. The van der Waals surface area contributed by atoms with Crippen LogP contribution in [0.2, 0.25) is 0 Å². The molecule has 112 valence electrons. The standard InChI is InChI=1S/C16H12BrFN2OS/c1-21-15-7-2-10(8-13(15)17)14-9-22-16(20-14)19-12-5-3-11(18)4-6-12/h2-9H,1H3,(H,19,20). The van der Waals surface area contributed by atoms with Gasteiger partial charge in [0.15, 0.2) is 5.13 Å². The van der Waals surface area contributed by atoms with Crippen LogP contribution in [0.25, 0.3) is 11.3 Å². The summed E-state index contributed by atoms with van der Waals surface area (Å²) in [6, 6.07) is 12.0. The maximum atomic E-state index is 12.9. The summed E-state index contributed by atoms with van der Waals surface area (Å²) in [6.07, 6.45) is 0. The molecule has 6 heteroatoms. The molecule has 0 fully saturated rings. The molecule has 0 bridgehead atoms. The molecule has 1 N–H and O–H groups in total. The van der Waals surface area contributed by atoms with E-state index in [2.05, 4.69) is 26.2 Å². The molecule has 0 aliphatic rings. The van der Waals surface area contributed by atoms with Crippen molar-refractivity contribution in [2.45, 2.75) is 0 Å². The zero-order chi connectivity index (χ0) is 15.5. The van der Waals surface area contributed by atoms with Gasteiger partial charge in [-0.15, -0.1) is 11.3 Å². The van der Waals surface area contributed by atoms with Crippen molar-refractivity contribution in [2.75, 3.05) is 12.4 Å². The fourth-order valence-electron chi connectivity index (χ4n) is 1.95. The first kappa shape index (κ1) is 15.0. The van der Waals surface area contributed by atoms with Crippen LogP contribution < -0.4 is 10.1 Å². The number of hydrogen-bond donors (Lipinski definition) is 1. The van der Waals surface area contributed by atoms with Crippen LogP contribution in [0, 0.1) is 5.82 Å². The third kappa shape index (κ3) is 3.28. The van der Waals surface area contributed by atoms with Crippen molar-refractivity contribution in [2.24, 2.45) is 0 Å². The van der Waals surface area contributed by atoms with E-state index in [1.54, 1.807) is 19.2 Å². The van der Waals surface area contributed by atoms with E-state index in [9.17, 15) is 4.39 Å². The molecule has 0 saturated heterocycles. The van der Waals surface area contributed by atoms with Crippen LogP contribution in [0.4, 0.5) is 15.2 Å². The van der Waals surface area contributed by atoms with E-state index in [4.69, 9.17) is 4.74 Å². The summed E-state index contributed by atoms with van der Waals surface area (Å²) < 4.78 is 19.0. The zero-order valence-electron chi connectivity index (χ0n) is 11.6. The normalized spacial score (nSPS) is 10.5. The number of thiazole rings is 1. The van der Waals surface area contributed by atoms with Crippen molar-refractivity contribution in [3.05, 3.63) is 58.1 Å². The first-order valence-electron chi connectivity index (χ1n) is 6.48. The Bertz CT molecular complexity index is 789. The molecule has 1 aromatic heterocycles. The molecule has 0 aliphatic carbocycles. The largest absolute Gasteiger partial charge is 0.496 e. The van der Waals surface area contributed by atoms with Crippen LogP contribution in [-0.4, -0.2) is 12.1 Å². The van der Waals surface area contributed by atoms with Gasteiger partial charge in [0.1, 0.15) is 11.6 Å². The van der Waals surface area contributed by atoms with Crippen molar-refractivity contribution >= 4 is 38.1 Å². The number of aromatic nitrogens is 1. The van der Waals surface area contributed by atoms with Crippen molar-refractivity contribution in [3.8, 4) is 17.0 Å². The lowest BCUT2D eigenvalue weighted by Crippen LogP contribution is -1.90. The third-order valence-electron chi connectivity index (χ3n) is 3.05. The number of nitrogens with one attached hydrogen (secondary N) is 1. The zero-order valence-corrected chi connectivity index (χ0v) is 14.0. The summed E-state index contributed by atoms with van der Waals surface area (Å²) in [6.45, 7) is 0. The van der Waals surface area contributed by atoms with Crippen LogP contribution in [-0.2, 0) is 0 Å². The van der Waals surface area contributed by atoms with Crippen molar-refractivity contribution in [1.82, 2.24) is 4.98 Å². The Morgan fingerprint density at radius 2 is 1.95 bits per heavy atom. The van der Waals surface area contributed by atoms with Crippen molar-refractivity contribution < 1.29 is 9.13 Å². The highest BCUT2D eigenvalue weighted by Crippen LogP contribution is 2.32. The van der Waals surface area contributed by atoms with Crippen LogP contribution >= 0.6 is 27.3 Å². The quantitative estimate of drug-likeness (QED) is 0.653. The smallest absolute Gasteiger partial charge is 0.187 e. The first-order chi connectivity index (χ1) is 10.7. The second-order valence-electron chi connectivity index (χ2n) is 4.52. The molecule has 3 aromatic rings. The Balaban J connectivity index is 1.81. The number of anilines is 2. The molecule has 0 atom stereocenters. The van der Waals surface area contributed by atoms with E-state index < -0.39 is 0 Å². The van der Waals surface area contributed by atoms with Gasteiger partial charge in [0, 0.05) is 16.6 Å². The van der Waals surface area contributed by atoms with Gasteiger partial charge in [-0.05, 0) is 58.4 Å². The minimum Gasteiger partial charge on any atom is -0.496 e. The fraction of sp³-hybridized carbons (Fsp3) is 0.0625. The maximum Gasteiger partial charge on any atom is 0.187 e. The highest BCUT2D eigenvalue weighted by atomic mass is 79.9. The van der Waals surface area contributed by atoms with Crippen molar-refractivity contribution in [3.63, 3.8) is 0 Å². The topological polar surface area (TPSA) is 34.1 Å². The lowest BCUT2D eigenvalue weighted by atomic mass is 10.2. The lowest BCUT2D eigenvalue weighted by molar-refractivity contribution is 0.412. The molecule has 0 aliphatic heterocycles. The van der Waals surface area contributed by atoms with E-state index in [1.165, 1.54) is 23.5 Å². The number of methoxy groups -OCH3 is 1. The molecule has 0 unspecified atom stereocenters. The molecule has 1 heterocycles. The molecule has 3 rings (SSSR count). The second kappa shape index (κ2) is 6.46. The van der Waals surface area contributed by atoms with Gasteiger partial charge in [0.05, 0.1) is 17.3 Å². The summed E-state index contributed by atoms with van der Waals surface area (Å²) in [4.78, 5) is 4.55. The Hall–Kier alpha value is -1.92. The van der Waals surface area contributed by atoms with Gasteiger partial charge >= 0.3 is 0 Å². The summed E-state index contributed by atoms with van der Waals surface area (Å²) >= 11 is 4.97. The summed E-state index contributed by atoms with van der Waals surface area (Å²) in [5, 5.41) is 5.89. The predicted molar refractivity (Wildman–Crippen MR) is 91.5 cm³/mol. The molecule has 0 amide bonds. The number of halogens is 2.